The lowest BCUT2D eigenvalue weighted by molar-refractivity contribution is 0.244. The van der Waals surface area contributed by atoms with Crippen molar-refractivity contribution in [2.24, 2.45) is 0 Å². The van der Waals surface area contributed by atoms with Gasteiger partial charge in [0.05, 0.1) is 0 Å². The van der Waals surface area contributed by atoms with E-state index in [0.717, 1.165) is 12.8 Å². The highest BCUT2D eigenvalue weighted by Gasteiger charge is 2.38. The molecule has 150 valence electrons. The Morgan fingerprint density at radius 2 is 1.50 bits per heavy atom. The molecule has 28 heavy (non-hydrogen) atoms. The highest BCUT2D eigenvalue weighted by Crippen LogP contribution is 2.21. The normalized spacial score (nSPS) is 12.4. The molecule has 0 radical (unpaired) electrons. The van der Waals surface area contributed by atoms with Crippen molar-refractivity contribution in [2.45, 2.75) is 65.4 Å². The summed E-state index contributed by atoms with van der Waals surface area (Å²) >= 11 is 0. The molecule has 2 aromatic carbocycles. The van der Waals surface area contributed by atoms with E-state index < -0.39 is 8.32 Å². The van der Waals surface area contributed by atoms with Crippen molar-refractivity contribution in [1.82, 2.24) is 0 Å². The van der Waals surface area contributed by atoms with Crippen molar-refractivity contribution in [3.8, 4) is 0 Å². The minimum absolute atomic E-state index is 0.161. The van der Waals surface area contributed by atoms with E-state index in [4.69, 9.17) is 4.43 Å². The third kappa shape index (κ3) is 6.32. The van der Waals surface area contributed by atoms with E-state index in [-0.39, 0.29) is 6.10 Å². The minimum Gasteiger partial charge on any atom is -0.402 e. The molecule has 0 aliphatic carbocycles. The van der Waals surface area contributed by atoms with Gasteiger partial charge in [-0.05, 0) is 43.5 Å². The Morgan fingerprint density at radius 1 is 0.929 bits per heavy atom. The highest BCUT2D eigenvalue weighted by molar-refractivity contribution is 7.01. The van der Waals surface area contributed by atoms with Gasteiger partial charge in [-0.3, -0.25) is 0 Å². The van der Waals surface area contributed by atoms with E-state index >= 15 is 0 Å². The van der Waals surface area contributed by atoms with Gasteiger partial charge in [0.25, 0.3) is 8.32 Å². The zero-order chi connectivity index (χ0) is 20.2. The second-order valence-corrected chi connectivity index (χ2v) is 10.9. The van der Waals surface area contributed by atoms with Crippen molar-refractivity contribution in [2.75, 3.05) is 0 Å². The molecule has 0 fully saturated rings. The van der Waals surface area contributed by atoms with E-state index in [0.29, 0.717) is 0 Å². The maximum Gasteiger partial charge on any atom is 0.281 e. The van der Waals surface area contributed by atoms with Crippen LogP contribution in [0.1, 0.15) is 59.3 Å². The van der Waals surface area contributed by atoms with Crippen LogP contribution in [0.2, 0.25) is 0 Å². The lowest BCUT2D eigenvalue weighted by atomic mass is 10.1. The second kappa shape index (κ2) is 11.8. The maximum absolute atomic E-state index is 6.84. The van der Waals surface area contributed by atoms with Crippen LogP contribution in [0.5, 0.6) is 0 Å². The minimum atomic E-state index is -2.49. The molecule has 0 saturated carbocycles. The van der Waals surface area contributed by atoms with Crippen molar-refractivity contribution in [1.29, 1.82) is 0 Å². The number of hydrogen-bond acceptors (Lipinski definition) is 1. The van der Waals surface area contributed by atoms with E-state index in [1.165, 1.54) is 41.6 Å². The molecule has 1 nitrogen and oxygen atoms in total. The first kappa shape index (κ1) is 22.4. The summed E-state index contributed by atoms with van der Waals surface area (Å²) in [6, 6.07) is 21.6. The molecule has 2 heteroatoms. The zero-order valence-electron chi connectivity index (χ0n) is 17.9. The van der Waals surface area contributed by atoms with Gasteiger partial charge in [0.1, 0.15) is 0 Å². The van der Waals surface area contributed by atoms with Gasteiger partial charge in [-0.25, -0.2) is 0 Å². The molecule has 0 aliphatic rings. The van der Waals surface area contributed by atoms with Gasteiger partial charge < -0.3 is 4.43 Å². The van der Waals surface area contributed by atoms with Crippen LogP contribution in [-0.4, -0.2) is 14.4 Å². The van der Waals surface area contributed by atoms with Crippen LogP contribution in [0.25, 0.3) is 0 Å². The fourth-order valence-electron chi connectivity index (χ4n) is 3.73. The summed E-state index contributed by atoms with van der Waals surface area (Å²) < 4.78 is 6.84. The number of unbranched alkanes of at least 4 members (excludes halogenated alkanes) is 3. The van der Waals surface area contributed by atoms with Gasteiger partial charge in [0.15, 0.2) is 0 Å². The Morgan fingerprint density at radius 3 is 1.96 bits per heavy atom. The van der Waals surface area contributed by atoms with Gasteiger partial charge >= 0.3 is 0 Å². The van der Waals surface area contributed by atoms with Crippen LogP contribution in [0.3, 0.4) is 0 Å². The molecule has 0 N–H and O–H groups in total. The Labute approximate surface area is 173 Å². The quantitative estimate of drug-likeness (QED) is 0.238. The second-order valence-electron chi connectivity index (χ2n) is 7.74. The molecule has 0 atom stereocenters. The lowest BCUT2D eigenvalue weighted by Crippen LogP contribution is -2.61. The van der Waals surface area contributed by atoms with Gasteiger partial charge in [0.2, 0.25) is 0 Å². The van der Waals surface area contributed by atoms with Crippen molar-refractivity contribution in [3.63, 3.8) is 0 Å². The number of allylic oxidation sites excluding steroid dienone is 2. The smallest absolute Gasteiger partial charge is 0.281 e. The number of benzene rings is 2. The maximum atomic E-state index is 6.84. The van der Waals surface area contributed by atoms with Crippen LogP contribution in [0.4, 0.5) is 0 Å². The van der Waals surface area contributed by atoms with E-state index in [9.17, 15) is 0 Å². The molecule has 0 aromatic heterocycles. The number of rotatable bonds is 12. The summed E-state index contributed by atoms with van der Waals surface area (Å²) in [5.41, 5.74) is 3.97. The Bertz CT molecular complexity index is 679. The summed E-state index contributed by atoms with van der Waals surface area (Å²) in [4.78, 5) is 0. The van der Waals surface area contributed by atoms with Crippen LogP contribution < -0.4 is 10.4 Å². The van der Waals surface area contributed by atoms with Gasteiger partial charge in [-0.15, -0.1) is 6.58 Å². The van der Waals surface area contributed by atoms with Crippen molar-refractivity contribution < 1.29 is 4.43 Å². The summed E-state index contributed by atoms with van der Waals surface area (Å²) in [5.74, 6) is 0. The lowest BCUT2D eigenvalue weighted by Gasteiger charge is -2.32. The molecule has 0 unspecified atom stereocenters. The van der Waals surface area contributed by atoms with E-state index in [2.05, 4.69) is 93.7 Å². The van der Waals surface area contributed by atoms with Crippen molar-refractivity contribution >= 4 is 18.7 Å². The first-order valence-electron chi connectivity index (χ1n) is 10.7. The summed E-state index contributed by atoms with van der Waals surface area (Å²) in [5, 5.41) is 2.62. The molecule has 0 bridgehead atoms. The van der Waals surface area contributed by atoms with E-state index in [1.54, 1.807) is 0 Å². The molecule has 0 saturated heterocycles. The average molecular weight is 393 g/mol. The standard InChI is InChI=1S/C26H36OSi/c1-5-7-8-11-17-24(16-6-2)22-28(27-23(3)4,25-18-12-9-13-19-25)26-20-14-10-15-21-26/h6,9-10,12-15,18-23H,2,5,7-8,11,16-17H2,1,3-4H3/b24-22-. The average Bonchev–Trinajstić information content (AvgIpc) is 2.71. The molecule has 0 amide bonds. The molecule has 0 spiro atoms. The molecular weight excluding hydrogens is 356 g/mol. The molecule has 2 aromatic rings. The van der Waals surface area contributed by atoms with Crippen LogP contribution in [0.15, 0.2) is 84.6 Å². The fraction of sp³-hybridized carbons (Fsp3) is 0.385. The van der Waals surface area contributed by atoms with Crippen molar-refractivity contribution in [3.05, 3.63) is 84.6 Å². The van der Waals surface area contributed by atoms with Gasteiger partial charge in [0, 0.05) is 6.10 Å². The van der Waals surface area contributed by atoms with Gasteiger partial charge in [-0.2, -0.15) is 0 Å². The topological polar surface area (TPSA) is 9.23 Å². The zero-order valence-corrected chi connectivity index (χ0v) is 18.9. The summed E-state index contributed by atoms with van der Waals surface area (Å²) in [6.07, 6.45) is 9.37. The Balaban J connectivity index is 2.55. The first-order valence-corrected chi connectivity index (χ1v) is 12.7. The third-order valence-corrected chi connectivity index (χ3v) is 9.03. The summed E-state index contributed by atoms with van der Waals surface area (Å²) in [6.45, 7) is 10.6. The highest BCUT2D eigenvalue weighted by atomic mass is 28.4. The number of hydrogen-bond donors (Lipinski definition) is 0. The predicted molar refractivity (Wildman–Crippen MR) is 126 cm³/mol. The molecule has 2 rings (SSSR count). The van der Waals surface area contributed by atoms with Crippen LogP contribution >= 0.6 is 0 Å². The SMILES string of the molecule is C=CC/C(=C/[Si](OC(C)C)(c1ccccc1)c1ccccc1)CCCCCC. The van der Waals surface area contributed by atoms with E-state index in [1.807, 2.05) is 6.08 Å². The molecular formula is C26H36OSi. The predicted octanol–water partition coefficient (Wildman–Crippen LogP) is 6.18. The Kier molecular flexibility index (Phi) is 9.46. The largest absolute Gasteiger partial charge is 0.402 e. The van der Waals surface area contributed by atoms with Crippen LogP contribution in [0, 0.1) is 0 Å². The molecule has 0 heterocycles. The first-order chi connectivity index (χ1) is 13.6. The molecule has 0 aliphatic heterocycles. The summed E-state index contributed by atoms with van der Waals surface area (Å²) in [7, 11) is -2.49. The Hall–Kier alpha value is -1.90. The van der Waals surface area contributed by atoms with Crippen LogP contribution in [-0.2, 0) is 4.43 Å². The van der Waals surface area contributed by atoms with Gasteiger partial charge in [-0.1, -0.05) is 104 Å². The third-order valence-electron chi connectivity index (χ3n) is 4.99. The monoisotopic (exact) mass is 392 g/mol. The fourth-order valence-corrected chi connectivity index (χ4v) is 7.69.